The fourth-order valence-electron chi connectivity index (χ4n) is 2.50. The second-order valence-corrected chi connectivity index (χ2v) is 5.16. The van der Waals surface area contributed by atoms with Crippen molar-refractivity contribution in [3.05, 3.63) is 23.5 Å². The third-order valence-electron chi connectivity index (χ3n) is 3.72. The highest BCUT2D eigenvalue weighted by Crippen LogP contribution is 2.28. The van der Waals surface area contributed by atoms with Gasteiger partial charge in [-0.25, -0.2) is 0 Å². The standard InChI is InChI=1S/C14H19NO2/c16-14-3-1-2-13-12(14)6-7-15(13)8-9-17-10-11-4-5-11/h6-7,11H,1-5,8-10H2. The van der Waals surface area contributed by atoms with Gasteiger partial charge in [-0.15, -0.1) is 0 Å². The normalized spacial score (nSPS) is 19.4. The van der Waals surface area contributed by atoms with E-state index in [-0.39, 0.29) is 0 Å². The monoisotopic (exact) mass is 233 g/mol. The molecule has 0 aromatic carbocycles. The molecule has 0 spiro atoms. The maximum Gasteiger partial charge on any atom is 0.164 e. The topological polar surface area (TPSA) is 31.2 Å². The molecular weight excluding hydrogens is 214 g/mol. The van der Waals surface area contributed by atoms with E-state index in [0.29, 0.717) is 5.78 Å². The first-order valence-corrected chi connectivity index (χ1v) is 6.63. The highest BCUT2D eigenvalue weighted by atomic mass is 16.5. The van der Waals surface area contributed by atoms with Crippen LogP contribution in [-0.2, 0) is 17.7 Å². The lowest BCUT2D eigenvalue weighted by atomic mass is 9.97. The Morgan fingerprint density at radius 2 is 2.24 bits per heavy atom. The van der Waals surface area contributed by atoms with Crippen molar-refractivity contribution in [2.45, 2.75) is 38.6 Å². The van der Waals surface area contributed by atoms with Gasteiger partial charge in [-0.05, 0) is 37.7 Å². The Balaban J connectivity index is 1.57. The van der Waals surface area contributed by atoms with Crippen molar-refractivity contribution in [2.24, 2.45) is 5.92 Å². The molecule has 3 rings (SSSR count). The van der Waals surface area contributed by atoms with Gasteiger partial charge in [0.2, 0.25) is 0 Å². The summed E-state index contributed by atoms with van der Waals surface area (Å²) in [6.07, 6.45) is 7.47. The van der Waals surface area contributed by atoms with E-state index in [4.69, 9.17) is 4.74 Å². The third-order valence-corrected chi connectivity index (χ3v) is 3.72. The number of aromatic nitrogens is 1. The van der Waals surface area contributed by atoms with E-state index in [1.807, 2.05) is 12.3 Å². The molecule has 0 bridgehead atoms. The maximum atomic E-state index is 11.7. The second kappa shape index (κ2) is 4.65. The Bertz CT molecular complexity index is 418. The molecule has 0 amide bonds. The van der Waals surface area contributed by atoms with Crippen molar-refractivity contribution in [2.75, 3.05) is 13.2 Å². The van der Waals surface area contributed by atoms with Gasteiger partial charge in [0, 0.05) is 37.0 Å². The van der Waals surface area contributed by atoms with Crippen LogP contribution in [0.3, 0.4) is 0 Å². The van der Waals surface area contributed by atoms with Gasteiger partial charge < -0.3 is 9.30 Å². The number of fused-ring (bicyclic) bond motifs is 1. The van der Waals surface area contributed by atoms with Crippen LogP contribution < -0.4 is 0 Å². The molecule has 1 heterocycles. The Labute approximate surface area is 102 Å². The summed E-state index contributed by atoms with van der Waals surface area (Å²) in [5, 5.41) is 0. The van der Waals surface area contributed by atoms with Gasteiger partial charge in [-0.3, -0.25) is 4.79 Å². The lowest BCUT2D eigenvalue weighted by molar-refractivity contribution is 0.0969. The van der Waals surface area contributed by atoms with Crippen LogP contribution in [0.25, 0.3) is 0 Å². The number of hydrogen-bond donors (Lipinski definition) is 0. The summed E-state index contributed by atoms with van der Waals surface area (Å²) >= 11 is 0. The summed E-state index contributed by atoms with van der Waals surface area (Å²) in [6, 6.07) is 1.97. The van der Waals surface area contributed by atoms with Crippen LogP contribution in [0.5, 0.6) is 0 Å². The minimum Gasteiger partial charge on any atom is -0.379 e. The van der Waals surface area contributed by atoms with E-state index in [2.05, 4.69) is 4.57 Å². The zero-order chi connectivity index (χ0) is 11.7. The zero-order valence-electron chi connectivity index (χ0n) is 10.2. The first-order chi connectivity index (χ1) is 8.34. The van der Waals surface area contributed by atoms with Crippen LogP contribution >= 0.6 is 0 Å². The zero-order valence-corrected chi connectivity index (χ0v) is 10.2. The summed E-state index contributed by atoms with van der Waals surface area (Å²) < 4.78 is 7.84. The molecule has 3 nitrogen and oxygen atoms in total. The first kappa shape index (κ1) is 11.0. The molecule has 2 aliphatic rings. The molecule has 0 atom stereocenters. The number of Topliss-reactive ketones (excluding diaryl/α,β-unsaturated/α-hetero) is 1. The van der Waals surface area contributed by atoms with Crippen molar-refractivity contribution in [1.82, 2.24) is 4.57 Å². The highest BCUT2D eigenvalue weighted by molar-refractivity contribution is 5.98. The number of nitrogens with zero attached hydrogens (tertiary/aromatic N) is 1. The summed E-state index contributed by atoms with van der Waals surface area (Å²) in [7, 11) is 0. The minimum atomic E-state index is 0.309. The van der Waals surface area contributed by atoms with Crippen molar-refractivity contribution in [3.63, 3.8) is 0 Å². The molecule has 3 heteroatoms. The van der Waals surface area contributed by atoms with Gasteiger partial charge in [0.15, 0.2) is 5.78 Å². The van der Waals surface area contributed by atoms with E-state index in [1.54, 1.807) is 0 Å². The van der Waals surface area contributed by atoms with E-state index >= 15 is 0 Å². The van der Waals surface area contributed by atoms with Gasteiger partial charge in [-0.2, -0.15) is 0 Å². The van der Waals surface area contributed by atoms with Crippen molar-refractivity contribution in [1.29, 1.82) is 0 Å². The van der Waals surface area contributed by atoms with Gasteiger partial charge in [0.1, 0.15) is 0 Å². The fraction of sp³-hybridized carbons (Fsp3) is 0.643. The molecule has 1 fully saturated rings. The molecule has 0 aliphatic heterocycles. The molecule has 1 saturated carbocycles. The van der Waals surface area contributed by atoms with Gasteiger partial charge in [0.25, 0.3) is 0 Å². The lowest BCUT2D eigenvalue weighted by Crippen LogP contribution is -2.15. The van der Waals surface area contributed by atoms with Crippen LogP contribution in [0.15, 0.2) is 12.3 Å². The Morgan fingerprint density at radius 3 is 3.06 bits per heavy atom. The molecule has 0 N–H and O–H groups in total. The van der Waals surface area contributed by atoms with Crippen molar-refractivity contribution >= 4 is 5.78 Å². The number of rotatable bonds is 5. The summed E-state index contributed by atoms with van der Waals surface area (Å²) in [6.45, 7) is 2.57. The van der Waals surface area contributed by atoms with Gasteiger partial charge in [-0.1, -0.05) is 0 Å². The summed E-state index contributed by atoms with van der Waals surface area (Å²) in [5.41, 5.74) is 2.16. The first-order valence-electron chi connectivity index (χ1n) is 6.63. The van der Waals surface area contributed by atoms with Crippen LogP contribution in [0.1, 0.15) is 41.7 Å². The average molecular weight is 233 g/mol. The van der Waals surface area contributed by atoms with E-state index < -0.39 is 0 Å². The third kappa shape index (κ3) is 2.44. The number of ketones is 1. The molecule has 1 aromatic rings. The molecule has 2 aliphatic carbocycles. The highest BCUT2D eigenvalue weighted by Gasteiger charge is 2.22. The summed E-state index contributed by atoms with van der Waals surface area (Å²) in [4.78, 5) is 11.7. The summed E-state index contributed by atoms with van der Waals surface area (Å²) in [5.74, 6) is 1.14. The van der Waals surface area contributed by atoms with Crippen molar-refractivity contribution in [3.8, 4) is 0 Å². The number of hydrogen-bond acceptors (Lipinski definition) is 2. The van der Waals surface area contributed by atoms with Crippen LogP contribution in [0.4, 0.5) is 0 Å². The van der Waals surface area contributed by atoms with Gasteiger partial charge >= 0.3 is 0 Å². The predicted octanol–water partition coefficient (Wildman–Crippen LogP) is 2.43. The van der Waals surface area contributed by atoms with E-state index in [1.165, 1.54) is 18.5 Å². The maximum absolute atomic E-state index is 11.7. The molecule has 17 heavy (non-hydrogen) atoms. The second-order valence-electron chi connectivity index (χ2n) is 5.16. The number of ether oxygens (including phenoxy) is 1. The predicted molar refractivity (Wildman–Crippen MR) is 65.2 cm³/mol. The van der Waals surface area contributed by atoms with Crippen LogP contribution in [-0.4, -0.2) is 23.6 Å². The Kier molecular flexibility index (Phi) is 3.02. The molecule has 92 valence electrons. The largest absolute Gasteiger partial charge is 0.379 e. The molecule has 0 radical (unpaired) electrons. The Hall–Kier alpha value is -1.09. The quantitative estimate of drug-likeness (QED) is 0.731. The lowest BCUT2D eigenvalue weighted by Gasteiger charge is -2.15. The van der Waals surface area contributed by atoms with E-state index in [9.17, 15) is 4.79 Å². The SMILES string of the molecule is O=C1CCCc2c1ccn2CCOCC1CC1. The average Bonchev–Trinajstić information content (AvgIpc) is 3.06. The molecule has 0 unspecified atom stereocenters. The fourth-order valence-corrected chi connectivity index (χ4v) is 2.50. The molecular formula is C14H19NO2. The van der Waals surface area contributed by atoms with E-state index in [0.717, 1.165) is 50.5 Å². The van der Waals surface area contributed by atoms with Gasteiger partial charge in [0.05, 0.1) is 6.61 Å². The van der Waals surface area contributed by atoms with Crippen molar-refractivity contribution < 1.29 is 9.53 Å². The van der Waals surface area contributed by atoms with Crippen LogP contribution in [0, 0.1) is 5.92 Å². The molecule has 1 aromatic heterocycles. The Morgan fingerprint density at radius 1 is 1.35 bits per heavy atom. The van der Waals surface area contributed by atoms with Crippen LogP contribution in [0.2, 0.25) is 0 Å². The minimum absolute atomic E-state index is 0.309. The number of carbonyl (C=O) groups is 1. The smallest absolute Gasteiger partial charge is 0.164 e. The number of carbonyl (C=O) groups excluding carboxylic acids is 1. The molecule has 0 saturated heterocycles.